The van der Waals surface area contributed by atoms with E-state index >= 15 is 0 Å². The minimum absolute atomic E-state index is 0.0664. The number of hydrogen-bond donors (Lipinski definition) is 0. The molecule has 0 saturated heterocycles. The lowest BCUT2D eigenvalue weighted by atomic mass is 9.64. The van der Waals surface area contributed by atoms with Gasteiger partial charge in [0, 0.05) is 6.20 Å². The van der Waals surface area contributed by atoms with Gasteiger partial charge in [0.15, 0.2) is 5.82 Å². The third-order valence-corrected chi connectivity index (χ3v) is 4.50. The van der Waals surface area contributed by atoms with E-state index in [1.807, 2.05) is 29.9 Å². The number of aromatic nitrogens is 4. The van der Waals surface area contributed by atoms with E-state index < -0.39 is 0 Å². The Morgan fingerprint density at radius 1 is 1.18 bits per heavy atom. The van der Waals surface area contributed by atoms with Crippen LogP contribution < -0.4 is 0 Å². The first kappa shape index (κ1) is 13.2. The molecule has 22 heavy (non-hydrogen) atoms. The molecule has 1 aliphatic rings. The number of benzene rings is 1. The van der Waals surface area contributed by atoms with Crippen LogP contribution in [0.15, 0.2) is 47.1 Å². The molecule has 1 aliphatic carbocycles. The standard InChI is InChI=1S/C17H18N4O/c1-13-8-11-21(19-13)12-15-18-16(20-22-15)17(9-5-10-17)14-6-3-2-4-7-14/h2-4,6-8,11H,5,9-10,12H2,1H3. The lowest BCUT2D eigenvalue weighted by Crippen LogP contribution is -2.36. The van der Waals surface area contributed by atoms with E-state index in [0.717, 1.165) is 24.4 Å². The fourth-order valence-corrected chi connectivity index (χ4v) is 3.13. The van der Waals surface area contributed by atoms with Gasteiger partial charge in [-0.2, -0.15) is 10.1 Å². The molecule has 0 unspecified atom stereocenters. The van der Waals surface area contributed by atoms with Crippen molar-refractivity contribution in [2.45, 2.75) is 38.1 Å². The molecular weight excluding hydrogens is 276 g/mol. The van der Waals surface area contributed by atoms with Gasteiger partial charge < -0.3 is 4.52 Å². The van der Waals surface area contributed by atoms with Gasteiger partial charge in [0.25, 0.3) is 0 Å². The SMILES string of the molecule is Cc1ccn(Cc2nc(C3(c4ccccc4)CCC3)no2)n1. The fourth-order valence-electron chi connectivity index (χ4n) is 3.13. The van der Waals surface area contributed by atoms with Crippen LogP contribution in [0.3, 0.4) is 0 Å². The quantitative estimate of drug-likeness (QED) is 0.742. The van der Waals surface area contributed by atoms with E-state index in [9.17, 15) is 0 Å². The average Bonchev–Trinajstić information content (AvgIpc) is 3.09. The molecule has 0 spiro atoms. The Balaban J connectivity index is 1.63. The van der Waals surface area contributed by atoms with E-state index in [4.69, 9.17) is 4.52 Å². The highest BCUT2D eigenvalue weighted by atomic mass is 16.5. The van der Waals surface area contributed by atoms with Crippen molar-refractivity contribution >= 4 is 0 Å². The van der Waals surface area contributed by atoms with Crippen LogP contribution in [0.2, 0.25) is 0 Å². The molecule has 0 N–H and O–H groups in total. The molecule has 4 rings (SSSR count). The van der Waals surface area contributed by atoms with Crippen LogP contribution in [0, 0.1) is 6.92 Å². The molecule has 1 aromatic carbocycles. The van der Waals surface area contributed by atoms with Crippen molar-refractivity contribution in [3.8, 4) is 0 Å². The van der Waals surface area contributed by atoms with Crippen LogP contribution in [-0.2, 0) is 12.0 Å². The van der Waals surface area contributed by atoms with Crippen LogP contribution >= 0.6 is 0 Å². The highest BCUT2D eigenvalue weighted by Gasteiger charge is 2.44. The molecule has 5 nitrogen and oxygen atoms in total. The smallest absolute Gasteiger partial charge is 0.248 e. The summed E-state index contributed by atoms with van der Waals surface area (Å²) in [6.07, 6.45) is 5.29. The van der Waals surface area contributed by atoms with Gasteiger partial charge in [0.05, 0.1) is 11.1 Å². The fraction of sp³-hybridized carbons (Fsp3) is 0.353. The van der Waals surface area contributed by atoms with Gasteiger partial charge >= 0.3 is 0 Å². The van der Waals surface area contributed by atoms with Gasteiger partial charge in [-0.15, -0.1) is 0 Å². The third-order valence-electron chi connectivity index (χ3n) is 4.50. The third kappa shape index (κ3) is 2.13. The molecule has 112 valence electrons. The normalized spacial score (nSPS) is 16.4. The minimum Gasteiger partial charge on any atom is -0.337 e. The molecule has 0 amide bonds. The summed E-state index contributed by atoms with van der Waals surface area (Å²) in [5.41, 5.74) is 2.20. The van der Waals surface area contributed by atoms with Crippen LogP contribution in [0.25, 0.3) is 0 Å². The molecule has 2 aromatic heterocycles. The molecule has 1 saturated carbocycles. The Kier molecular flexibility index (Phi) is 3.06. The number of aryl methyl sites for hydroxylation is 1. The van der Waals surface area contributed by atoms with Crippen molar-refractivity contribution in [3.05, 3.63) is 65.6 Å². The van der Waals surface area contributed by atoms with E-state index in [-0.39, 0.29) is 5.41 Å². The van der Waals surface area contributed by atoms with Crippen molar-refractivity contribution in [3.63, 3.8) is 0 Å². The van der Waals surface area contributed by atoms with Crippen LogP contribution in [0.1, 0.15) is 42.2 Å². The average molecular weight is 294 g/mol. The van der Waals surface area contributed by atoms with Gasteiger partial charge in [-0.25, -0.2) is 0 Å². The zero-order valence-electron chi connectivity index (χ0n) is 12.6. The Labute approximate surface area is 129 Å². The number of nitrogens with zero attached hydrogens (tertiary/aromatic N) is 4. The van der Waals surface area contributed by atoms with Crippen molar-refractivity contribution < 1.29 is 4.52 Å². The van der Waals surface area contributed by atoms with Crippen LogP contribution in [-0.4, -0.2) is 19.9 Å². The van der Waals surface area contributed by atoms with E-state index in [2.05, 4.69) is 39.5 Å². The second-order valence-electron chi connectivity index (χ2n) is 5.97. The Morgan fingerprint density at radius 2 is 2.00 bits per heavy atom. The Bertz CT molecular complexity index is 771. The summed E-state index contributed by atoms with van der Waals surface area (Å²) in [4.78, 5) is 4.65. The predicted molar refractivity (Wildman–Crippen MR) is 81.4 cm³/mol. The molecule has 2 heterocycles. The molecule has 0 atom stereocenters. The van der Waals surface area contributed by atoms with Gasteiger partial charge in [-0.3, -0.25) is 4.68 Å². The van der Waals surface area contributed by atoms with Crippen LogP contribution in [0.5, 0.6) is 0 Å². The molecule has 0 bridgehead atoms. The lowest BCUT2D eigenvalue weighted by Gasteiger charge is -2.39. The maximum absolute atomic E-state index is 5.46. The second kappa shape index (κ2) is 5.09. The van der Waals surface area contributed by atoms with E-state index in [0.29, 0.717) is 12.4 Å². The minimum atomic E-state index is -0.0664. The van der Waals surface area contributed by atoms with Gasteiger partial charge in [0.2, 0.25) is 5.89 Å². The summed E-state index contributed by atoms with van der Waals surface area (Å²) in [6, 6.07) is 12.5. The summed E-state index contributed by atoms with van der Waals surface area (Å²) in [5.74, 6) is 1.42. The summed E-state index contributed by atoms with van der Waals surface area (Å²) < 4.78 is 7.28. The van der Waals surface area contributed by atoms with Crippen molar-refractivity contribution in [1.29, 1.82) is 0 Å². The maximum Gasteiger partial charge on any atom is 0.248 e. The summed E-state index contributed by atoms with van der Waals surface area (Å²) in [6.45, 7) is 2.49. The number of hydrogen-bond acceptors (Lipinski definition) is 4. The van der Waals surface area contributed by atoms with Crippen LogP contribution in [0.4, 0.5) is 0 Å². The topological polar surface area (TPSA) is 56.7 Å². The second-order valence-corrected chi connectivity index (χ2v) is 5.97. The molecule has 0 radical (unpaired) electrons. The summed E-state index contributed by atoms with van der Waals surface area (Å²) in [7, 11) is 0. The Morgan fingerprint density at radius 3 is 2.64 bits per heavy atom. The molecule has 1 fully saturated rings. The Hall–Kier alpha value is -2.43. The molecule has 3 aromatic rings. The molecule has 5 heteroatoms. The molecule has 0 aliphatic heterocycles. The van der Waals surface area contributed by atoms with Crippen molar-refractivity contribution in [1.82, 2.24) is 19.9 Å². The van der Waals surface area contributed by atoms with E-state index in [1.54, 1.807) is 0 Å². The maximum atomic E-state index is 5.46. The first-order valence-corrected chi connectivity index (χ1v) is 7.65. The van der Waals surface area contributed by atoms with Gasteiger partial charge in [-0.1, -0.05) is 41.9 Å². The monoisotopic (exact) mass is 294 g/mol. The van der Waals surface area contributed by atoms with E-state index in [1.165, 1.54) is 12.0 Å². The highest BCUT2D eigenvalue weighted by molar-refractivity contribution is 5.35. The zero-order chi connectivity index (χ0) is 15.0. The first-order chi connectivity index (χ1) is 10.8. The largest absolute Gasteiger partial charge is 0.337 e. The van der Waals surface area contributed by atoms with Crippen molar-refractivity contribution in [2.75, 3.05) is 0 Å². The van der Waals surface area contributed by atoms with Gasteiger partial charge in [0.1, 0.15) is 6.54 Å². The van der Waals surface area contributed by atoms with Crippen molar-refractivity contribution in [2.24, 2.45) is 0 Å². The zero-order valence-corrected chi connectivity index (χ0v) is 12.6. The lowest BCUT2D eigenvalue weighted by molar-refractivity contribution is 0.270. The first-order valence-electron chi connectivity index (χ1n) is 7.65. The highest BCUT2D eigenvalue weighted by Crippen LogP contribution is 2.47. The number of rotatable bonds is 4. The summed E-state index contributed by atoms with van der Waals surface area (Å²) in [5, 5.41) is 8.62. The summed E-state index contributed by atoms with van der Waals surface area (Å²) >= 11 is 0. The molecular formula is C17H18N4O. The van der Waals surface area contributed by atoms with Gasteiger partial charge in [-0.05, 0) is 31.4 Å². The predicted octanol–water partition coefficient (Wildman–Crippen LogP) is 3.09.